The summed E-state index contributed by atoms with van der Waals surface area (Å²) < 4.78 is 24.0. The smallest absolute Gasteiger partial charge is 0.304 e. The van der Waals surface area contributed by atoms with Crippen LogP contribution in [0, 0.1) is 22.7 Å². The van der Waals surface area contributed by atoms with E-state index in [0.29, 0.717) is 39.5 Å². The second-order valence-corrected chi connectivity index (χ2v) is 11.6. The Hall–Kier alpha value is -6.23. The Bertz CT molecular complexity index is 2090. The van der Waals surface area contributed by atoms with Crippen molar-refractivity contribution in [2.45, 2.75) is 5.16 Å². The third-order valence-corrected chi connectivity index (χ3v) is 7.43. The molecule has 9 nitrogen and oxygen atoms in total. The molecule has 0 aliphatic rings. The zero-order valence-corrected chi connectivity index (χ0v) is 24.7. The highest BCUT2D eigenvalue weighted by molar-refractivity contribution is 7.90. The van der Waals surface area contributed by atoms with Crippen LogP contribution in [0.25, 0.3) is 45.0 Å². The quantitative estimate of drug-likeness (QED) is 0.232. The molecule has 1 N–H and O–H groups in total. The molecular weight excluding hydrogens is 584 g/mol. The van der Waals surface area contributed by atoms with Gasteiger partial charge in [0, 0.05) is 22.9 Å². The van der Waals surface area contributed by atoms with Crippen molar-refractivity contribution in [3.05, 3.63) is 143 Å². The molecule has 0 atom stereocenters. The maximum Gasteiger partial charge on any atom is 0.346 e. The molecule has 0 radical (unpaired) electrons. The Morgan fingerprint density at radius 3 is 1.27 bits per heavy atom. The van der Waals surface area contributed by atoms with Crippen molar-refractivity contribution >= 4 is 9.84 Å². The molecule has 2 heterocycles. The highest BCUT2D eigenvalue weighted by Crippen LogP contribution is 2.30. The highest BCUT2D eigenvalue weighted by Gasteiger charge is 2.21. The topological polar surface area (TPSA) is 153 Å². The lowest BCUT2D eigenvalue weighted by Gasteiger charge is -2.10. The van der Waals surface area contributed by atoms with Crippen molar-refractivity contribution in [3.8, 4) is 57.2 Å². The zero-order chi connectivity index (χ0) is 31.8. The normalized spacial score (nSPS) is 10.6. The summed E-state index contributed by atoms with van der Waals surface area (Å²) in [6.45, 7) is 0. The first-order valence-corrected chi connectivity index (χ1v) is 15.5. The summed E-state index contributed by atoms with van der Waals surface area (Å²) in [6.07, 6.45) is 1.05. The van der Waals surface area contributed by atoms with E-state index in [-0.39, 0.29) is 10.7 Å². The fraction of sp³-hybridized carbons (Fsp3) is 0.0286. The van der Waals surface area contributed by atoms with Gasteiger partial charge in [-0.15, -0.1) is 0 Å². The molecule has 0 spiro atoms. The van der Waals surface area contributed by atoms with Crippen molar-refractivity contribution < 1.29 is 8.42 Å². The Balaban J connectivity index is 0.000000179. The van der Waals surface area contributed by atoms with Crippen molar-refractivity contribution in [1.82, 2.24) is 19.9 Å². The molecule has 0 saturated carbocycles. The van der Waals surface area contributed by atoms with Gasteiger partial charge in [-0.25, -0.2) is 23.2 Å². The van der Waals surface area contributed by atoms with Gasteiger partial charge in [0.15, 0.2) is 0 Å². The van der Waals surface area contributed by atoms with Crippen molar-refractivity contribution in [2.24, 2.45) is 0 Å². The average Bonchev–Trinajstić information content (AvgIpc) is 3.08. The van der Waals surface area contributed by atoms with E-state index in [9.17, 15) is 23.7 Å². The van der Waals surface area contributed by atoms with Gasteiger partial charge >= 0.3 is 5.69 Å². The van der Waals surface area contributed by atoms with E-state index >= 15 is 0 Å². The van der Waals surface area contributed by atoms with E-state index in [0.717, 1.165) is 17.4 Å². The molecule has 0 bridgehead atoms. The SMILES string of the molecule is CS(=O)(=O)c1nc(-c2ccccc2)c(C#N)c(-c2ccccc2)n1.N#Cc1c(-c2ccccc2)nc(=O)[nH]c1-c1ccccc1. The molecule has 0 amide bonds. The van der Waals surface area contributed by atoms with Crippen LogP contribution in [0.1, 0.15) is 11.1 Å². The van der Waals surface area contributed by atoms with Crippen LogP contribution in [-0.2, 0) is 9.84 Å². The number of hydrogen-bond acceptors (Lipinski definition) is 8. The first-order chi connectivity index (χ1) is 21.8. The summed E-state index contributed by atoms with van der Waals surface area (Å²) >= 11 is 0. The number of nitriles is 2. The molecule has 10 heteroatoms. The standard InChI is InChI=1S/C18H13N3O2S.C17H11N3O/c1-24(22,23)18-20-16(13-8-4-2-5-9-13)15(12-19)17(21-18)14-10-6-3-7-11-14;18-11-14-15(12-7-3-1-4-8-12)19-17(21)20-16(14)13-9-5-2-6-10-13/h2-11H,1H3;1-10H,(H,19,20,21). The molecule has 6 rings (SSSR count). The monoisotopic (exact) mass is 608 g/mol. The summed E-state index contributed by atoms with van der Waals surface area (Å²) in [6, 6.07) is 40.8. The Morgan fingerprint density at radius 1 is 0.556 bits per heavy atom. The van der Waals surface area contributed by atoms with Crippen LogP contribution < -0.4 is 5.69 Å². The molecule has 2 aromatic heterocycles. The van der Waals surface area contributed by atoms with Crippen LogP contribution in [0.5, 0.6) is 0 Å². The van der Waals surface area contributed by atoms with E-state index in [4.69, 9.17) is 0 Å². The van der Waals surface area contributed by atoms with E-state index < -0.39 is 15.5 Å². The van der Waals surface area contributed by atoms with Crippen LogP contribution in [0.15, 0.2) is 131 Å². The van der Waals surface area contributed by atoms with Gasteiger partial charge in [0.25, 0.3) is 0 Å². The van der Waals surface area contributed by atoms with Gasteiger partial charge in [-0.05, 0) is 5.56 Å². The highest BCUT2D eigenvalue weighted by atomic mass is 32.2. The van der Waals surface area contributed by atoms with Gasteiger partial charge in [0.05, 0.1) is 22.8 Å². The number of sulfone groups is 1. The number of benzene rings is 4. The van der Waals surface area contributed by atoms with Crippen molar-refractivity contribution in [3.63, 3.8) is 0 Å². The lowest BCUT2D eigenvalue weighted by atomic mass is 10.0. The second-order valence-electron chi connectivity index (χ2n) is 9.68. The molecule has 0 unspecified atom stereocenters. The van der Waals surface area contributed by atoms with Crippen LogP contribution >= 0.6 is 0 Å². The molecule has 4 aromatic carbocycles. The summed E-state index contributed by atoms with van der Waals surface area (Å²) in [7, 11) is -3.62. The summed E-state index contributed by atoms with van der Waals surface area (Å²) in [5, 5.41) is 18.8. The van der Waals surface area contributed by atoms with Crippen LogP contribution in [0.4, 0.5) is 0 Å². The number of H-pyrrole nitrogens is 1. The van der Waals surface area contributed by atoms with Crippen molar-refractivity contribution in [2.75, 3.05) is 6.26 Å². The number of nitrogens with zero attached hydrogens (tertiary/aromatic N) is 5. The van der Waals surface area contributed by atoms with Gasteiger partial charge in [0.2, 0.25) is 15.0 Å². The predicted octanol–water partition coefficient (Wildman–Crippen LogP) is 6.06. The predicted molar refractivity (Wildman–Crippen MR) is 171 cm³/mol. The third-order valence-electron chi connectivity index (χ3n) is 6.58. The van der Waals surface area contributed by atoms with Crippen LogP contribution in [-0.4, -0.2) is 34.6 Å². The fourth-order valence-electron chi connectivity index (χ4n) is 4.53. The van der Waals surface area contributed by atoms with Gasteiger partial charge in [-0.2, -0.15) is 15.5 Å². The number of nitrogens with one attached hydrogen (secondary N) is 1. The molecule has 6 aromatic rings. The average molecular weight is 609 g/mol. The van der Waals surface area contributed by atoms with Crippen LogP contribution in [0.3, 0.4) is 0 Å². The van der Waals surface area contributed by atoms with Gasteiger partial charge in [-0.3, -0.25) is 0 Å². The molecule has 0 fully saturated rings. The Kier molecular flexibility index (Phi) is 8.99. The Morgan fingerprint density at radius 2 is 0.911 bits per heavy atom. The second kappa shape index (κ2) is 13.4. The van der Waals surface area contributed by atoms with Crippen LogP contribution in [0.2, 0.25) is 0 Å². The number of rotatable bonds is 5. The van der Waals surface area contributed by atoms with E-state index in [1.54, 1.807) is 48.5 Å². The van der Waals surface area contributed by atoms with Gasteiger partial charge in [0.1, 0.15) is 23.3 Å². The van der Waals surface area contributed by atoms with E-state index in [1.807, 2.05) is 72.8 Å². The minimum Gasteiger partial charge on any atom is -0.304 e. The number of hydrogen-bond donors (Lipinski definition) is 1. The summed E-state index contributed by atoms with van der Waals surface area (Å²) in [5.74, 6) is 0. The maximum absolute atomic E-state index is 12.0. The maximum atomic E-state index is 12.0. The van der Waals surface area contributed by atoms with Gasteiger partial charge in [-0.1, -0.05) is 121 Å². The zero-order valence-electron chi connectivity index (χ0n) is 23.9. The van der Waals surface area contributed by atoms with Gasteiger partial charge < -0.3 is 4.98 Å². The molecule has 0 saturated heterocycles. The molecule has 218 valence electrons. The number of aromatic nitrogens is 4. The first-order valence-electron chi connectivity index (χ1n) is 13.6. The minimum absolute atomic E-state index is 0.250. The van der Waals surface area contributed by atoms with E-state index in [2.05, 4.69) is 32.1 Å². The molecule has 45 heavy (non-hydrogen) atoms. The minimum atomic E-state index is -3.62. The first kappa shape index (κ1) is 30.2. The summed E-state index contributed by atoms with van der Waals surface area (Å²) in [5.41, 5.74) is 4.54. The lowest BCUT2D eigenvalue weighted by Crippen LogP contribution is -2.14. The fourth-order valence-corrected chi connectivity index (χ4v) is 5.04. The third kappa shape index (κ3) is 6.89. The van der Waals surface area contributed by atoms with Crippen molar-refractivity contribution in [1.29, 1.82) is 10.5 Å². The summed E-state index contributed by atoms with van der Waals surface area (Å²) in [4.78, 5) is 26.8. The molecular formula is C35H24N6O3S. The lowest BCUT2D eigenvalue weighted by molar-refractivity contribution is 0.593. The Labute approximate surface area is 259 Å². The largest absolute Gasteiger partial charge is 0.346 e. The number of aromatic amines is 1. The van der Waals surface area contributed by atoms with E-state index in [1.165, 1.54) is 0 Å². The molecule has 0 aliphatic carbocycles. The molecule has 0 aliphatic heterocycles.